The summed E-state index contributed by atoms with van der Waals surface area (Å²) < 4.78 is 5.63. The second-order valence-electron chi connectivity index (χ2n) is 6.15. The predicted molar refractivity (Wildman–Crippen MR) is 87.8 cm³/mol. The lowest BCUT2D eigenvalue weighted by atomic mass is 9.70. The number of rotatable bonds is 7. The molecule has 1 aromatic rings. The molecule has 3 unspecified atom stereocenters. The largest absolute Gasteiger partial charge is 0.492 e. The molecule has 0 bridgehead atoms. The van der Waals surface area contributed by atoms with Crippen LogP contribution in [0.2, 0.25) is 0 Å². The van der Waals surface area contributed by atoms with Gasteiger partial charge >= 0.3 is 0 Å². The minimum atomic E-state index is 0.621. The molecule has 3 nitrogen and oxygen atoms in total. The zero-order valence-corrected chi connectivity index (χ0v) is 13.8. The zero-order valence-electron chi connectivity index (χ0n) is 13.8. The van der Waals surface area contributed by atoms with Crippen molar-refractivity contribution in [3.63, 3.8) is 0 Å². The van der Waals surface area contributed by atoms with Crippen LogP contribution >= 0.6 is 0 Å². The summed E-state index contributed by atoms with van der Waals surface area (Å²) in [5.41, 5.74) is 1.36. The van der Waals surface area contributed by atoms with Crippen molar-refractivity contribution < 1.29 is 4.74 Å². The van der Waals surface area contributed by atoms with E-state index in [2.05, 4.69) is 30.2 Å². The number of hydrogen-bond acceptors (Lipinski definition) is 3. The zero-order chi connectivity index (χ0) is 15.1. The molecule has 2 rings (SSSR count). The number of ether oxygens (including phenoxy) is 1. The van der Waals surface area contributed by atoms with Crippen LogP contribution in [0.25, 0.3) is 0 Å². The van der Waals surface area contributed by atoms with E-state index in [1.54, 1.807) is 0 Å². The van der Waals surface area contributed by atoms with Crippen LogP contribution in [0, 0.1) is 11.8 Å². The van der Waals surface area contributed by atoms with E-state index in [4.69, 9.17) is 4.74 Å². The van der Waals surface area contributed by atoms with Gasteiger partial charge in [0.15, 0.2) is 0 Å². The van der Waals surface area contributed by atoms with Crippen LogP contribution in [0.1, 0.15) is 57.9 Å². The molecule has 3 atom stereocenters. The number of hydrogen-bond donors (Lipinski definition) is 1. The van der Waals surface area contributed by atoms with Crippen molar-refractivity contribution in [3.8, 4) is 5.75 Å². The Kier molecular flexibility index (Phi) is 6.50. The first kappa shape index (κ1) is 16.3. The lowest BCUT2D eigenvalue weighted by Crippen LogP contribution is -2.32. The van der Waals surface area contributed by atoms with Crippen molar-refractivity contribution in [1.82, 2.24) is 10.3 Å². The van der Waals surface area contributed by atoms with E-state index < -0.39 is 0 Å². The summed E-state index contributed by atoms with van der Waals surface area (Å²) in [5.74, 6) is 3.13. The average Bonchev–Trinajstić information content (AvgIpc) is 2.53. The molecule has 1 heterocycles. The summed E-state index contributed by atoms with van der Waals surface area (Å²) in [6.45, 7) is 9.40. The van der Waals surface area contributed by atoms with Crippen molar-refractivity contribution in [2.24, 2.45) is 11.8 Å². The van der Waals surface area contributed by atoms with E-state index in [1.165, 1.54) is 31.2 Å². The molecule has 1 aliphatic carbocycles. The van der Waals surface area contributed by atoms with Crippen LogP contribution in [0.4, 0.5) is 0 Å². The summed E-state index contributed by atoms with van der Waals surface area (Å²) in [4.78, 5) is 4.40. The second-order valence-corrected chi connectivity index (χ2v) is 6.15. The number of pyridine rings is 1. The van der Waals surface area contributed by atoms with E-state index in [1.807, 2.05) is 19.3 Å². The van der Waals surface area contributed by atoms with Gasteiger partial charge in [-0.25, -0.2) is 0 Å². The van der Waals surface area contributed by atoms with Gasteiger partial charge in [-0.2, -0.15) is 0 Å². The molecule has 3 heteroatoms. The van der Waals surface area contributed by atoms with Crippen molar-refractivity contribution in [2.75, 3.05) is 19.7 Å². The molecule has 0 saturated heterocycles. The maximum absolute atomic E-state index is 5.63. The molecule has 0 aromatic carbocycles. The first-order valence-corrected chi connectivity index (χ1v) is 8.56. The van der Waals surface area contributed by atoms with Crippen molar-refractivity contribution >= 4 is 0 Å². The van der Waals surface area contributed by atoms with Gasteiger partial charge < -0.3 is 10.1 Å². The third-order valence-corrected chi connectivity index (χ3v) is 4.81. The SMILES string of the molecule is CCNCC1CCC(CC)CC1c1cncc(OCC)c1. The minimum absolute atomic E-state index is 0.621. The third-order valence-electron chi connectivity index (χ3n) is 4.81. The Labute approximate surface area is 129 Å². The third kappa shape index (κ3) is 4.44. The molecular formula is C18H30N2O. The highest BCUT2D eigenvalue weighted by molar-refractivity contribution is 5.27. The van der Waals surface area contributed by atoms with Gasteiger partial charge in [-0.05, 0) is 62.2 Å². The molecular weight excluding hydrogens is 260 g/mol. The Hall–Kier alpha value is -1.09. The monoisotopic (exact) mass is 290 g/mol. The highest BCUT2D eigenvalue weighted by Crippen LogP contribution is 2.41. The number of nitrogens with one attached hydrogen (secondary N) is 1. The molecule has 0 spiro atoms. The molecule has 1 saturated carbocycles. The van der Waals surface area contributed by atoms with E-state index >= 15 is 0 Å². The van der Waals surface area contributed by atoms with Gasteiger partial charge in [-0.3, -0.25) is 4.98 Å². The Balaban J connectivity index is 2.15. The predicted octanol–water partition coefficient (Wildman–Crippen LogP) is 4.00. The second kappa shape index (κ2) is 8.38. The molecule has 0 amide bonds. The Morgan fingerprint density at radius 1 is 1.24 bits per heavy atom. The van der Waals surface area contributed by atoms with Gasteiger partial charge in [0, 0.05) is 6.20 Å². The Morgan fingerprint density at radius 3 is 2.81 bits per heavy atom. The molecule has 1 fully saturated rings. The molecule has 1 N–H and O–H groups in total. The summed E-state index contributed by atoms with van der Waals surface area (Å²) >= 11 is 0. The minimum Gasteiger partial charge on any atom is -0.492 e. The Morgan fingerprint density at radius 2 is 2.10 bits per heavy atom. The van der Waals surface area contributed by atoms with Crippen molar-refractivity contribution in [1.29, 1.82) is 0 Å². The highest BCUT2D eigenvalue weighted by atomic mass is 16.5. The van der Waals surface area contributed by atoms with E-state index in [0.717, 1.165) is 30.7 Å². The number of nitrogens with zero attached hydrogens (tertiary/aromatic N) is 1. The first-order chi connectivity index (χ1) is 10.3. The molecule has 1 aromatic heterocycles. The van der Waals surface area contributed by atoms with Gasteiger partial charge in [0.25, 0.3) is 0 Å². The van der Waals surface area contributed by atoms with Crippen LogP contribution in [0.15, 0.2) is 18.5 Å². The summed E-state index contributed by atoms with van der Waals surface area (Å²) in [6.07, 6.45) is 9.17. The molecule has 0 aliphatic heterocycles. The normalized spacial score (nSPS) is 25.8. The smallest absolute Gasteiger partial charge is 0.137 e. The average molecular weight is 290 g/mol. The maximum atomic E-state index is 5.63. The van der Waals surface area contributed by atoms with E-state index in [9.17, 15) is 0 Å². The van der Waals surface area contributed by atoms with Crippen LogP contribution < -0.4 is 10.1 Å². The summed E-state index contributed by atoms with van der Waals surface area (Å²) in [6, 6.07) is 2.21. The van der Waals surface area contributed by atoms with E-state index in [0.29, 0.717) is 12.5 Å². The Bertz CT molecular complexity index is 421. The lowest BCUT2D eigenvalue weighted by molar-refractivity contribution is 0.225. The fourth-order valence-electron chi connectivity index (χ4n) is 3.56. The topological polar surface area (TPSA) is 34.2 Å². The quantitative estimate of drug-likeness (QED) is 0.824. The maximum Gasteiger partial charge on any atom is 0.137 e. The van der Waals surface area contributed by atoms with Crippen molar-refractivity contribution in [2.45, 2.75) is 52.4 Å². The van der Waals surface area contributed by atoms with Crippen LogP contribution in [0.5, 0.6) is 5.75 Å². The fourth-order valence-corrected chi connectivity index (χ4v) is 3.56. The molecule has 118 valence electrons. The van der Waals surface area contributed by atoms with Crippen LogP contribution in [0.3, 0.4) is 0 Å². The number of aromatic nitrogens is 1. The lowest BCUT2D eigenvalue weighted by Gasteiger charge is -2.36. The van der Waals surface area contributed by atoms with Crippen LogP contribution in [-0.2, 0) is 0 Å². The van der Waals surface area contributed by atoms with Gasteiger partial charge in [-0.15, -0.1) is 0 Å². The fraction of sp³-hybridized carbons (Fsp3) is 0.722. The molecule has 0 radical (unpaired) electrons. The summed E-state index contributed by atoms with van der Waals surface area (Å²) in [5, 5.41) is 3.54. The van der Waals surface area contributed by atoms with Gasteiger partial charge in [0.1, 0.15) is 5.75 Å². The summed E-state index contributed by atoms with van der Waals surface area (Å²) in [7, 11) is 0. The molecule has 21 heavy (non-hydrogen) atoms. The van der Waals surface area contributed by atoms with E-state index in [-0.39, 0.29) is 0 Å². The standard InChI is InChI=1S/C18H30N2O/c1-4-14-7-8-15(11-19-5-2)18(9-14)16-10-17(21-6-3)13-20-12-16/h10,12-15,18-19H,4-9,11H2,1-3H3. The first-order valence-electron chi connectivity index (χ1n) is 8.56. The van der Waals surface area contributed by atoms with Gasteiger partial charge in [0.2, 0.25) is 0 Å². The van der Waals surface area contributed by atoms with Crippen molar-refractivity contribution in [3.05, 3.63) is 24.0 Å². The highest BCUT2D eigenvalue weighted by Gasteiger charge is 2.30. The molecule has 1 aliphatic rings. The van der Waals surface area contributed by atoms with Gasteiger partial charge in [0.05, 0.1) is 12.8 Å². The van der Waals surface area contributed by atoms with Gasteiger partial charge in [-0.1, -0.05) is 26.7 Å². The van der Waals surface area contributed by atoms with Crippen LogP contribution in [-0.4, -0.2) is 24.7 Å².